The van der Waals surface area contributed by atoms with Crippen LogP contribution in [-0.2, 0) is 11.3 Å². The quantitative estimate of drug-likeness (QED) is 0.463. The van der Waals surface area contributed by atoms with Gasteiger partial charge < -0.3 is 9.15 Å². The number of furan rings is 1. The Balaban J connectivity index is 2.02. The summed E-state index contributed by atoms with van der Waals surface area (Å²) in [5.74, 6) is 6.18. The molecular formula is C12H19N3O3. The molecule has 1 saturated heterocycles. The van der Waals surface area contributed by atoms with Crippen molar-refractivity contribution in [2.24, 2.45) is 5.84 Å². The van der Waals surface area contributed by atoms with E-state index in [2.05, 4.69) is 10.3 Å². The van der Waals surface area contributed by atoms with E-state index in [9.17, 15) is 4.79 Å². The van der Waals surface area contributed by atoms with Gasteiger partial charge >= 0.3 is 0 Å². The summed E-state index contributed by atoms with van der Waals surface area (Å²) in [5, 5.41) is 0. The third-order valence-electron chi connectivity index (χ3n) is 3.04. The standard InChI is InChI=1S/C12H19N3O3/c1-9-11(12(16)14-13)7-10(18-9)8-15-3-2-5-17-6-4-15/h7H,2-6,8,13H2,1H3,(H,14,16). The lowest BCUT2D eigenvalue weighted by Crippen LogP contribution is -2.30. The Kier molecular flexibility index (Phi) is 4.35. The highest BCUT2D eigenvalue weighted by Crippen LogP contribution is 2.16. The molecule has 6 heteroatoms. The largest absolute Gasteiger partial charge is 0.464 e. The molecule has 1 aromatic rings. The van der Waals surface area contributed by atoms with Crippen LogP contribution < -0.4 is 11.3 Å². The minimum Gasteiger partial charge on any atom is -0.464 e. The van der Waals surface area contributed by atoms with Crippen LogP contribution in [0.3, 0.4) is 0 Å². The van der Waals surface area contributed by atoms with Crippen molar-refractivity contribution in [2.75, 3.05) is 26.3 Å². The number of rotatable bonds is 3. The molecule has 2 heterocycles. The van der Waals surface area contributed by atoms with Gasteiger partial charge in [-0.15, -0.1) is 0 Å². The molecule has 0 saturated carbocycles. The Morgan fingerprint density at radius 2 is 2.33 bits per heavy atom. The Morgan fingerprint density at radius 1 is 1.50 bits per heavy atom. The molecule has 1 aliphatic heterocycles. The zero-order valence-corrected chi connectivity index (χ0v) is 10.6. The van der Waals surface area contributed by atoms with Crippen LogP contribution in [0, 0.1) is 6.92 Å². The van der Waals surface area contributed by atoms with Crippen molar-refractivity contribution in [1.29, 1.82) is 0 Å². The van der Waals surface area contributed by atoms with E-state index in [1.807, 2.05) is 0 Å². The van der Waals surface area contributed by atoms with E-state index in [1.54, 1.807) is 13.0 Å². The van der Waals surface area contributed by atoms with Crippen LogP contribution >= 0.6 is 0 Å². The van der Waals surface area contributed by atoms with Crippen LogP contribution in [0.1, 0.15) is 28.3 Å². The van der Waals surface area contributed by atoms with Crippen molar-refractivity contribution in [3.63, 3.8) is 0 Å². The number of nitrogens with one attached hydrogen (secondary N) is 1. The molecule has 0 spiro atoms. The summed E-state index contributed by atoms with van der Waals surface area (Å²) < 4.78 is 11.0. The predicted molar refractivity (Wildman–Crippen MR) is 65.8 cm³/mol. The highest BCUT2D eigenvalue weighted by molar-refractivity contribution is 5.94. The minimum atomic E-state index is -0.318. The third-order valence-corrected chi connectivity index (χ3v) is 3.04. The molecule has 6 nitrogen and oxygen atoms in total. The maximum absolute atomic E-state index is 11.5. The van der Waals surface area contributed by atoms with Gasteiger partial charge in [0.2, 0.25) is 0 Å². The van der Waals surface area contributed by atoms with Crippen molar-refractivity contribution in [3.05, 3.63) is 23.2 Å². The van der Waals surface area contributed by atoms with Crippen molar-refractivity contribution in [2.45, 2.75) is 19.9 Å². The molecule has 1 fully saturated rings. The molecular weight excluding hydrogens is 234 g/mol. The molecule has 0 atom stereocenters. The van der Waals surface area contributed by atoms with Crippen molar-refractivity contribution in [1.82, 2.24) is 10.3 Å². The Labute approximate surface area is 106 Å². The number of carbonyl (C=O) groups excluding carboxylic acids is 1. The first-order valence-electron chi connectivity index (χ1n) is 6.11. The number of hydrogen-bond acceptors (Lipinski definition) is 5. The summed E-state index contributed by atoms with van der Waals surface area (Å²) in [6.07, 6.45) is 1.02. The molecule has 18 heavy (non-hydrogen) atoms. The van der Waals surface area contributed by atoms with Crippen LogP contribution in [0.25, 0.3) is 0 Å². The average Bonchev–Trinajstić information content (AvgIpc) is 2.57. The second-order valence-corrected chi connectivity index (χ2v) is 4.40. The van der Waals surface area contributed by atoms with E-state index in [0.717, 1.165) is 38.5 Å². The Hall–Kier alpha value is -1.37. The van der Waals surface area contributed by atoms with Gasteiger partial charge in [-0.05, 0) is 19.4 Å². The van der Waals surface area contributed by atoms with Crippen molar-refractivity contribution in [3.8, 4) is 0 Å². The fraction of sp³-hybridized carbons (Fsp3) is 0.583. The minimum absolute atomic E-state index is 0.318. The van der Waals surface area contributed by atoms with Gasteiger partial charge in [0.15, 0.2) is 0 Å². The first-order chi connectivity index (χ1) is 8.70. The first kappa shape index (κ1) is 13.1. The van der Waals surface area contributed by atoms with Crippen LogP contribution in [0.5, 0.6) is 0 Å². The van der Waals surface area contributed by atoms with Crippen molar-refractivity contribution >= 4 is 5.91 Å². The topological polar surface area (TPSA) is 80.7 Å². The zero-order valence-electron chi connectivity index (χ0n) is 10.6. The van der Waals surface area contributed by atoms with Gasteiger partial charge in [-0.3, -0.25) is 15.1 Å². The number of amides is 1. The van der Waals surface area contributed by atoms with Gasteiger partial charge in [0.05, 0.1) is 18.7 Å². The lowest BCUT2D eigenvalue weighted by molar-refractivity contribution is 0.0952. The maximum Gasteiger partial charge on any atom is 0.268 e. The summed E-state index contributed by atoms with van der Waals surface area (Å²) in [7, 11) is 0. The van der Waals surface area contributed by atoms with Gasteiger partial charge in [-0.25, -0.2) is 5.84 Å². The average molecular weight is 253 g/mol. The number of carbonyl (C=O) groups is 1. The summed E-state index contributed by atoms with van der Waals surface area (Å²) in [4.78, 5) is 13.7. The molecule has 0 unspecified atom stereocenters. The molecule has 0 aromatic carbocycles. The van der Waals surface area contributed by atoms with Gasteiger partial charge in [-0.2, -0.15) is 0 Å². The molecule has 1 aromatic heterocycles. The Morgan fingerprint density at radius 3 is 3.11 bits per heavy atom. The van der Waals surface area contributed by atoms with Gasteiger partial charge in [-0.1, -0.05) is 0 Å². The van der Waals surface area contributed by atoms with E-state index in [1.165, 1.54) is 0 Å². The van der Waals surface area contributed by atoms with Crippen LogP contribution in [0.15, 0.2) is 10.5 Å². The summed E-state index contributed by atoms with van der Waals surface area (Å²) in [6, 6.07) is 1.75. The van der Waals surface area contributed by atoms with E-state index < -0.39 is 0 Å². The van der Waals surface area contributed by atoms with E-state index in [4.69, 9.17) is 15.0 Å². The highest BCUT2D eigenvalue weighted by Gasteiger charge is 2.16. The number of hydrogen-bond donors (Lipinski definition) is 2. The smallest absolute Gasteiger partial charge is 0.268 e. The first-order valence-corrected chi connectivity index (χ1v) is 6.11. The maximum atomic E-state index is 11.5. The molecule has 100 valence electrons. The van der Waals surface area contributed by atoms with E-state index in [0.29, 0.717) is 17.9 Å². The molecule has 0 aliphatic carbocycles. The van der Waals surface area contributed by atoms with Gasteiger partial charge in [0, 0.05) is 19.7 Å². The van der Waals surface area contributed by atoms with E-state index in [-0.39, 0.29) is 5.91 Å². The lowest BCUT2D eigenvalue weighted by atomic mass is 10.2. The SMILES string of the molecule is Cc1oc(CN2CCCOCC2)cc1C(=O)NN. The normalized spacial score (nSPS) is 17.4. The van der Waals surface area contributed by atoms with E-state index >= 15 is 0 Å². The summed E-state index contributed by atoms with van der Waals surface area (Å²) in [6.45, 7) is 5.89. The highest BCUT2D eigenvalue weighted by atomic mass is 16.5. The zero-order chi connectivity index (χ0) is 13.0. The number of nitrogens with zero attached hydrogens (tertiary/aromatic N) is 1. The second-order valence-electron chi connectivity index (χ2n) is 4.40. The lowest BCUT2D eigenvalue weighted by Gasteiger charge is -2.16. The number of hydrazine groups is 1. The molecule has 0 bridgehead atoms. The molecule has 1 amide bonds. The Bertz CT molecular complexity index is 409. The number of nitrogen functional groups attached to an aromatic ring is 1. The molecule has 2 rings (SSSR count). The fourth-order valence-electron chi connectivity index (χ4n) is 2.10. The molecule has 1 aliphatic rings. The third kappa shape index (κ3) is 3.10. The predicted octanol–water partition coefficient (Wildman–Crippen LogP) is 0.414. The number of aryl methyl sites for hydroxylation is 1. The van der Waals surface area contributed by atoms with Crippen LogP contribution in [0.4, 0.5) is 0 Å². The second kappa shape index (κ2) is 5.99. The van der Waals surface area contributed by atoms with Crippen LogP contribution in [0.2, 0.25) is 0 Å². The molecule has 3 N–H and O–H groups in total. The summed E-state index contributed by atoms with van der Waals surface area (Å²) >= 11 is 0. The molecule has 0 radical (unpaired) electrons. The number of ether oxygens (including phenoxy) is 1. The van der Waals surface area contributed by atoms with Gasteiger partial charge in [0.1, 0.15) is 11.5 Å². The summed E-state index contributed by atoms with van der Waals surface area (Å²) in [5.41, 5.74) is 2.62. The van der Waals surface area contributed by atoms with Crippen LogP contribution in [-0.4, -0.2) is 37.1 Å². The monoisotopic (exact) mass is 253 g/mol. The van der Waals surface area contributed by atoms with Crippen molar-refractivity contribution < 1.29 is 13.9 Å². The number of nitrogens with two attached hydrogens (primary N) is 1. The fourth-order valence-corrected chi connectivity index (χ4v) is 2.10. The van der Waals surface area contributed by atoms with Gasteiger partial charge in [0.25, 0.3) is 5.91 Å².